The Morgan fingerprint density at radius 3 is 2.33 bits per heavy atom. The Bertz CT molecular complexity index is 599. The van der Waals surface area contributed by atoms with E-state index in [4.69, 9.17) is 5.73 Å². The molecule has 0 saturated carbocycles. The maximum atomic E-state index is 13.8. The first-order valence-corrected chi connectivity index (χ1v) is 5.96. The molecule has 5 heteroatoms. The van der Waals surface area contributed by atoms with Crippen molar-refractivity contribution < 1.29 is 13.2 Å². The van der Waals surface area contributed by atoms with Gasteiger partial charge in [0, 0.05) is 12.1 Å². The highest BCUT2D eigenvalue weighted by molar-refractivity contribution is 9.10. The third-order valence-electron chi connectivity index (χ3n) is 2.58. The van der Waals surface area contributed by atoms with Gasteiger partial charge in [-0.25, -0.2) is 13.2 Å². The van der Waals surface area contributed by atoms with Crippen LogP contribution in [0, 0.1) is 17.5 Å². The number of nitrogens with two attached hydrogens (primary N) is 1. The van der Waals surface area contributed by atoms with E-state index in [1.54, 1.807) is 0 Å². The van der Waals surface area contributed by atoms with E-state index < -0.39 is 17.5 Å². The molecule has 0 radical (unpaired) electrons. The number of benzene rings is 2. The Balaban J connectivity index is 2.66. The fraction of sp³-hybridized carbons (Fsp3) is 0.0769. The Morgan fingerprint density at radius 2 is 1.72 bits per heavy atom. The minimum atomic E-state index is -0.825. The van der Waals surface area contributed by atoms with Crippen molar-refractivity contribution in [2.45, 2.75) is 6.54 Å². The first-order chi connectivity index (χ1) is 8.54. The molecule has 2 N–H and O–H groups in total. The molecule has 94 valence electrons. The highest BCUT2D eigenvalue weighted by Gasteiger charge is 2.17. The molecule has 0 atom stereocenters. The number of halogens is 4. The second-order valence-electron chi connectivity index (χ2n) is 3.74. The van der Waals surface area contributed by atoms with Crippen LogP contribution >= 0.6 is 15.9 Å². The molecule has 0 spiro atoms. The van der Waals surface area contributed by atoms with Crippen LogP contribution in [0.2, 0.25) is 0 Å². The van der Waals surface area contributed by atoms with Crippen molar-refractivity contribution in [1.29, 1.82) is 0 Å². The molecular formula is C13H9BrF3N. The van der Waals surface area contributed by atoms with Gasteiger partial charge in [-0.05, 0) is 39.7 Å². The molecule has 0 aromatic heterocycles. The van der Waals surface area contributed by atoms with Crippen LogP contribution in [0.25, 0.3) is 11.1 Å². The molecule has 0 aliphatic rings. The van der Waals surface area contributed by atoms with Crippen LogP contribution in [0.5, 0.6) is 0 Å². The average Bonchev–Trinajstić information content (AvgIpc) is 2.36. The maximum absolute atomic E-state index is 13.8. The van der Waals surface area contributed by atoms with Crippen LogP contribution in [0.15, 0.2) is 34.8 Å². The number of rotatable bonds is 2. The van der Waals surface area contributed by atoms with Crippen molar-refractivity contribution in [2.75, 3.05) is 0 Å². The molecule has 0 saturated heterocycles. The third-order valence-corrected chi connectivity index (χ3v) is 3.19. The average molecular weight is 316 g/mol. The SMILES string of the molecule is NCc1ccc(-c2c(F)ccc(Br)c2F)c(F)c1. The van der Waals surface area contributed by atoms with Gasteiger partial charge in [-0.3, -0.25) is 0 Å². The molecule has 0 aliphatic carbocycles. The molecule has 2 aromatic rings. The first-order valence-electron chi connectivity index (χ1n) is 5.17. The van der Waals surface area contributed by atoms with Gasteiger partial charge >= 0.3 is 0 Å². The molecule has 2 aromatic carbocycles. The third kappa shape index (κ3) is 2.28. The number of hydrogen-bond donors (Lipinski definition) is 1. The summed E-state index contributed by atoms with van der Waals surface area (Å²) in [6.07, 6.45) is 0. The second-order valence-corrected chi connectivity index (χ2v) is 4.59. The predicted molar refractivity (Wildman–Crippen MR) is 67.3 cm³/mol. The lowest BCUT2D eigenvalue weighted by atomic mass is 10.0. The topological polar surface area (TPSA) is 26.0 Å². The van der Waals surface area contributed by atoms with Crippen molar-refractivity contribution in [2.24, 2.45) is 5.73 Å². The highest BCUT2D eigenvalue weighted by atomic mass is 79.9. The molecule has 0 heterocycles. The lowest BCUT2D eigenvalue weighted by Gasteiger charge is -2.09. The lowest BCUT2D eigenvalue weighted by Crippen LogP contribution is -1.99. The van der Waals surface area contributed by atoms with Gasteiger partial charge in [-0.1, -0.05) is 12.1 Å². The van der Waals surface area contributed by atoms with Gasteiger partial charge < -0.3 is 5.73 Å². The summed E-state index contributed by atoms with van der Waals surface area (Å²) in [5.41, 5.74) is 5.43. The van der Waals surface area contributed by atoms with E-state index in [0.717, 1.165) is 6.07 Å². The van der Waals surface area contributed by atoms with Crippen LogP contribution in [0.1, 0.15) is 5.56 Å². The van der Waals surface area contributed by atoms with E-state index in [9.17, 15) is 13.2 Å². The quantitative estimate of drug-likeness (QED) is 0.833. The summed E-state index contributed by atoms with van der Waals surface area (Å²) in [5.74, 6) is -2.33. The van der Waals surface area contributed by atoms with E-state index >= 15 is 0 Å². The van der Waals surface area contributed by atoms with Crippen LogP contribution in [0.4, 0.5) is 13.2 Å². The molecule has 0 amide bonds. The fourth-order valence-electron chi connectivity index (χ4n) is 1.66. The first kappa shape index (κ1) is 13.1. The summed E-state index contributed by atoms with van der Waals surface area (Å²) in [6.45, 7) is 0.167. The maximum Gasteiger partial charge on any atom is 0.148 e. The van der Waals surface area contributed by atoms with Gasteiger partial charge in [0.05, 0.1) is 10.0 Å². The monoisotopic (exact) mass is 315 g/mol. The molecule has 0 bridgehead atoms. The Hall–Kier alpha value is -1.33. The molecule has 0 aliphatic heterocycles. The lowest BCUT2D eigenvalue weighted by molar-refractivity contribution is 0.578. The summed E-state index contributed by atoms with van der Waals surface area (Å²) in [5, 5.41) is 0. The molecule has 18 heavy (non-hydrogen) atoms. The Kier molecular flexibility index (Phi) is 3.73. The normalized spacial score (nSPS) is 10.7. The summed E-state index contributed by atoms with van der Waals surface area (Å²) in [6, 6.07) is 6.36. The van der Waals surface area contributed by atoms with Crippen molar-refractivity contribution in [1.82, 2.24) is 0 Å². The fourth-order valence-corrected chi connectivity index (χ4v) is 1.99. The summed E-state index contributed by atoms with van der Waals surface area (Å²) < 4.78 is 41.4. The highest BCUT2D eigenvalue weighted by Crippen LogP contribution is 2.32. The van der Waals surface area contributed by atoms with E-state index in [1.165, 1.54) is 24.3 Å². The van der Waals surface area contributed by atoms with Gasteiger partial charge in [0.1, 0.15) is 17.5 Å². The Labute approximate surface area is 111 Å². The van der Waals surface area contributed by atoms with Crippen molar-refractivity contribution in [3.63, 3.8) is 0 Å². The smallest absolute Gasteiger partial charge is 0.148 e. The van der Waals surface area contributed by atoms with Crippen LogP contribution in [0.3, 0.4) is 0 Å². The van der Waals surface area contributed by atoms with E-state index in [-0.39, 0.29) is 22.1 Å². The van der Waals surface area contributed by atoms with Crippen molar-refractivity contribution in [3.05, 3.63) is 57.8 Å². The summed E-state index contributed by atoms with van der Waals surface area (Å²) >= 11 is 2.95. The molecule has 2 rings (SSSR count). The summed E-state index contributed by atoms with van der Waals surface area (Å²) in [7, 11) is 0. The molecule has 0 unspecified atom stereocenters. The summed E-state index contributed by atoms with van der Waals surface area (Å²) in [4.78, 5) is 0. The zero-order valence-electron chi connectivity index (χ0n) is 9.18. The van der Waals surface area contributed by atoms with Crippen molar-refractivity contribution in [3.8, 4) is 11.1 Å². The standard InChI is InChI=1S/C13H9BrF3N/c14-9-3-4-10(15)12(13(9)17)8-2-1-7(6-18)5-11(8)16/h1-5H,6,18H2. The van der Waals surface area contributed by atoms with Gasteiger partial charge in [-0.15, -0.1) is 0 Å². The second kappa shape index (κ2) is 5.12. The van der Waals surface area contributed by atoms with Gasteiger partial charge in [0.2, 0.25) is 0 Å². The van der Waals surface area contributed by atoms with E-state index in [2.05, 4.69) is 15.9 Å². The van der Waals surface area contributed by atoms with Crippen LogP contribution < -0.4 is 5.73 Å². The predicted octanol–water partition coefficient (Wildman–Crippen LogP) is 3.99. The minimum absolute atomic E-state index is 0.0844. The largest absolute Gasteiger partial charge is 0.326 e. The molecule has 0 fully saturated rings. The molecule has 1 nitrogen and oxygen atoms in total. The zero-order valence-corrected chi connectivity index (χ0v) is 10.8. The van der Waals surface area contributed by atoms with E-state index in [1.807, 2.05) is 0 Å². The van der Waals surface area contributed by atoms with Crippen LogP contribution in [-0.4, -0.2) is 0 Å². The van der Waals surface area contributed by atoms with Gasteiger partial charge in [0.25, 0.3) is 0 Å². The van der Waals surface area contributed by atoms with Crippen LogP contribution in [-0.2, 0) is 6.54 Å². The number of hydrogen-bond acceptors (Lipinski definition) is 1. The Morgan fingerprint density at radius 1 is 1.00 bits per heavy atom. The van der Waals surface area contributed by atoms with Gasteiger partial charge in [-0.2, -0.15) is 0 Å². The van der Waals surface area contributed by atoms with Gasteiger partial charge in [0.15, 0.2) is 0 Å². The zero-order chi connectivity index (χ0) is 13.3. The van der Waals surface area contributed by atoms with Crippen molar-refractivity contribution >= 4 is 15.9 Å². The van der Waals surface area contributed by atoms with E-state index in [0.29, 0.717) is 5.56 Å². The minimum Gasteiger partial charge on any atom is -0.326 e. The molecular weight excluding hydrogens is 307 g/mol.